The molecule has 33 heavy (non-hydrogen) atoms. The monoisotopic (exact) mass is 441 g/mol. The number of nitrogens with two attached hydrogens (primary N) is 1. The van der Waals surface area contributed by atoms with Crippen LogP contribution in [0.3, 0.4) is 0 Å². The summed E-state index contributed by atoms with van der Waals surface area (Å²) in [4.78, 5) is 21.0. The van der Waals surface area contributed by atoms with Gasteiger partial charge in [0.05, 0.1) is 11.0 Å². The number of nitrogen functional groups attached to an aromatic ring is 1. The Morgan fingerprint density at radius 3 is 2.73 bits per heavy atom. The van der Waals surface area contributed by atoms with E-state index in [1.54, 1.807) is 6.07 Å². The van der Waals surface area contributed by atoms with E-state index in [1.165, 1.54) is 0 Å². The van der Waals surface area contributed by atoms with E-state index in [4.69, 9.17) is 17.1 Å². The summed E-state index contributed by atoms with van der Waals surface area (Å²) in [6.45, 7) is 4.95. The van der Waals surface area contributed by atoms with Gasteiger partial charge in [-0.2, -0.15) is 0 Å². The van der Waals surface area contributed by atoms with Crippen LogP contribution in [-0.2, 0) is 24.3 Å². The van der Waals surface area contributed by atoms with Gasteiger partial charge >= 0.3 is 0 Å². The Kier molecular flexibility index (Phi) is 6.18. The number of aryl methyl sites for hydroxylation is 2. The first kappa shape index (κ1) is 22.2. The second-order valence-electron chi connectivity index (χ2n) is 8.21. The molecule has 2 aromatic carbocycles. The summed E-state index contributed by atoms with van der Waals surface area (Å²) >= 11 is 0. The Labute approximate surface area is 192 Å². The van der Waals surface area contributed by atoms with E-state index in [0.29, 0.717) is 24.4 Å². The molecule has 4 N–H and O–H groups in total. The Morgan fingerprint density at radius 1 is 1.21 bits per heavy atom. The van der Waals surface area contributed by atoms with Gasteiger partial charge in [0.25, 0.3) is 5.91 Å². The van der Waals surface area contributed by atoms with Crippen LogP contribution in [-0.4, -0.2) is 25.5 Å². The molecule has 0 spiro atoms. The molecule has 168 valence electrons. The fourth-order valence-corrected chi connectivity index (χ4v) is 4.04. The van der Waals surface area contributed by atoms with Crippen molar-refractivity contribution in [2.75, 3.05) is 5.73 Å². The molecule has 0 bridgehead atoms. The fourth-order valence-electron chi connectivity index (χ4n) is 4.04. The van der Waals surface area contributed by atoms with Crippen LogP contribution in [0, 0.1) is 19.3 Å². The standard InChI is InChI=1S/C26H27N5O2/c1-4-6-7-22-30-24-25(31(22)15-18-9-11-21(32)16(3)12-18)19-13-17(14-28-23(33)5-2)8-10-20(19)29-26(24)27/h2,8-13,32H,4,6-7,14-15H2,1,3H3,(H2,27,29)(H,28,33). The van der Waals surface area contributed by atoms with Crippen molar-refractivity contribution < 1.29 is 9.90 Å². The fraction of sp³-hybridized carbons (Fsp3) is 0.269. The molecule has 7 nitrogen and oxygen atoms in total. The molecule has 0 atom stereocenters. The number of unbranched alkanes of at least 4 members (excludes halogenated alkanes) is 1. The summed E-state index contributed by atoms with van der Waals surface area (Å²) in [6, 6.07) is 11.4. The zero-order valence-electron chi connectivity index (χ0n) is 18.9. The number of carbonyl (C=O) groups is 1. The molecule has 1 amide bonds. The number of aromatic hydroxyl groups is 1. The maximum Gasteiger partial charge on any atom is 0.295 e. The predicted molar refractivity (Wildman–Crippen MR) is 131 cm³/mol. The van der Waals surface area contributed by atoms with Gasteiger partial charge in [0.1, 0.15) is 17.1 Å². The van der Waals surface area contributed by atoms with E-state index in [1.807, 2.05) is 37.3 Å². The van der Waals surface area contributed by atoms with Crippen LogP contribution in [0.25, 0.3) is 21.9 Å². The lowest BCUT2D eigenvalue weighted by molar-refractivity contribution is -0.115. The SMILES string of the molecule is C#CC(=O)NCc1ccc2nc(N)c3nc(CCCC)n(Cc4ccc(O)c(C)c4)c3c2c1. The third-order valence-electron chi connectivity index (χ3n) is 5.79. The number of rotatable bonds is 7. The van der Waals surface area contributed by atoms with Crippen LogP contribution >= 0.6 is 0 Å². The van der Waals surface area contributed by atoms with Crippen molar-refractivity contribution in [1.82, 2.24) is 19.9 Å². The van der Waals surface area contributed by atoms with Gasteiger partial charge in [-0.05, 0) is 54.2 Å². The van der Waals surface area contributed by atoms with Crippen molar-refractivity contribution in [3.63, 3.8) is 0 Å². The van der Waals surface area contributed by atoms with Gasteiger partial charge in [0.2, 0.25) is 0 Å². The van der Waals surface area contributed by atoms with Gasteiger partial charge in [0, 0.05) is 24.9 Å². The summed E-state index contributed by atoms with van der Waals surface area (Å²) in [5.74, 6) is 3.23. The number of anilines is 1. The number of benzene rings is 2. The van der Waals surface area contributed by atoms with Crippen molar-refractivity contribution in [2.45, 2.75) is 46.2 Å². The Hall–Kier alpha value is -4.05. The highest BCUT2D eigenvalue weighted by Gasteiger charge is 2.18. The van der Waals surface area contributed by atoms with E-state index in [0.717, 1.165) is 58.2 Å². The van der Waals surface area contributed by atoms with Gasteiger partial charge in [-0.25, -0.2) is 9.97 Å². The highest BCUT2D eigenvalue weighted by molar-refractivity contribution is 6.07. The molecule has 2 heterocycles. The molecule has 0 aliphatic heterocycles. The molecule has 0 radical (unpaired) electrons. The molecule has 0 saturated carbocycles. The molecule has 4 aromatic rings. The topological polar surface area (TPSA) is 106 Å². The molecule has 0 saturated heterocycles. The molecule has 0 aliphatic carbocycles. The summed E-state index contributed by atoms with van der Waals surface area (Å²) in [5, 5.41) is 13.6. The molecule has 0 unspecified atom stereocenters. The van der Waals surface area contributed by atoms with Gasteiger partial charge in [-0.3, -0.25) is 4.79 Å². The minimum atomic E-state index is -0.453. The molecule has 2 aromatic heterocycles. The average molecular weight is 442 g/mol. The highest BCUT2D eigenvalue weighted by atomic mass is 16.3. The van der Waals surface area contributed by atoms with Crippen LogP contribution in [0.1, 0.15) is 42.3 Å². The number of carbonyl (C=O) groups excluding carboxylic acids is 1. The van der Waals surface area contributed by atoms with E-state index >= 15 is 0 Å². The second-order valence-corrected chi connectivity index (χ2v) is 8.21. The van der Waals surface area contributed by atoms with E-state index in [2.05, 4.69) is 27.7 Å². The number of pyridine rings is 1. The number of amides is 1. The van der Waals surface area contributed by atoms with Gasteiger partial charge in [0.15, 0.2) is 5.82 Å². The number of hydrogen-bond donors (Lipinski definition) is 3. The Morgan fingerprint density at radius 2 is 2.00 bits per heavy atom. The van der Waals surface area contributed by atoms with Crippen LogP contribution in [0.4, 0.5) is 5.82 Å². The van der Waals surface area contributed by atoms with Crippen molar-refractivity contribution in [3.8, 4) is 18.1 Å². The zero-order chi connectivity index (χ0) is 23.5. The second kappa shape index (κ2) is 9.21. The van der Waals surface area contributed by atoms with Crippen molar-refractivity contribution >= 4 is 33.7 Å². The smallest absolute Gasteiger partial charge is 0.295 e. The third kappa shape index (κ3) is 4.46. The maximum atomic E-state index is 11.5. The van der Waals surface area contributed by atoms with Crippen LogP contribution in [0.2, 0.25) is 0 Å². The lowest BCUT2D eigenvalue weighted by Crippen LogP contribution is -2.20. The number of phenolic OH excluding ortho intramolecular Hbond substituents is 1. The minimum absolute atomic E-state index is 0.276. The van der Waals surface area contributed by atoms with Crippen molar-refractivity contribution in [2.24, 2.45) is 0 Å². The predicted octanol–water partition coefficient (Wildman–Crippen LogP) is 3.82. The number of hydrogen-bond acceptors (Lipinski definition) is 5. The number of aromatic nitrogens is 3. The van der Waals surface area contributed by atoms with E-state index in [9.17, 15) is 9.90 Å². The summed E-state index contributed by atoms with van der Waals surface area (Å²) < 4.78 is 2.20. The van der Waals surface area contributed by atoms with Crippen LogP contribution in [0.5, 0.6) is 5.75 Å². The molecular weight excluding hydrogens is 414 g/mol. The first-order chi connectivity index (χ1) is 15.9. The lowest BCUT2D eigenvalue weighted by atomic mass is 10.1. The van der Waals surface area contributed by atoms with Crippen LogP contribution in [0.15, 0.2) is 36.4 Å². The highest BCUT2D eigenvalue weighted by Crippen LogP contribution is 2.31. The van der Waals surface area contributed by atoms with Crippen molar-refractivity contribution in [1.29, 1.82) is 0 Å². The lowest BCUT2D eigenvalue weighted by Gasteiger charge is -2.13. The molecule has 0 aliphatic rings. The molecular formula is C26H27N5O2. The summed E-state index contributed by atoms with van der Waals surface area (Å²) in [7, 11) is 0. The molecule has 0 fully saturated rings. The Balaban J connectivity index is 1.90. The van der Waals surface area contributed by atoms with Gasteiger partial charge in [-0.15, -0.1) is 6.42 Å². The normalized spacial score (nSPS) is 11.1. The number of nitrogens with one attached hydrogen (secondary N) is 1. The molecule has 7 heteroatoms. The third-order valence-corrected chi connectivity index (χ3v) is 5.79. The minimum Gasteiger partial charge on any atom is -0.508 e. The first-order valence-electron chi connectivity index (χ1n) is 11.0. The quantitative estimate of drug-likeness (QED) is 0.378. The van der Waals surface area contributed by atoms with E-state index < -0.39 is 5.91 Å². The number of terminal acetylenes is 1. The number of imidazole rings is 1. The average Bonchev–Trinajstić information content (AvgIpc) is 3.17. The van der Waals surface area contributed by atoms with Crippen LogP contribution < -0.4 is 11.1 Å². The Bertz CT molecular complexity index is 1400. The summed E-state index contributed by atoms with van der Waals surface area (Å²) in [6.07, 6.45) is 8.04. The van der Waals surface area contributed by atoms with E-state index in [-0.39, 0.29) is 5.75 Å². The summed E-state index contributed by atoms with van der Waals surface area (Å²) in [5.41, 5.74) is 11.5. The number of nitrogens with zero attached hydrogens (tertiary/aromatic N) is 3. The van der Waals surface area contributed by atoms with Gasteiger partial charge < -0.3 is 20.7 Å². The largest absolute Gasteiger partial charge is 0.508 e. The first-order valence-corrected chi connectivity index (χ1v) is 11.0. The zero-order valence-corrected chi connectivity index (χ0v) is 18.9. The van der Waals surface area contributed by atoms with Gasteiger partial charge in [-0.1, -0.05) is 31.5 Å². The number of phenols is 1. The maximum absolute atomic E-state index is 11.5. The van der Waals surface area contributed by atoms with Crippen molar-refractivity contribution in [3.05, 3.63) is 58.9 Å². The number of fused-ring (bicyclic) bond motifs is 3. The molecule has 4 rings (SSSR count).